The Kier molecular flexibility index (Phi) is 5.37. The molecule has 0 amide bonds. The molecular weight excluding hydrogens is 262 g/mol. The van der Waals surface area contributed by atoms with Crippen molar-refractivity contribution in [2.45, 2.75) is 57.6 Å². The van der Waals surface area contributed by atoms with Crippen LogP contribution in [0.5, 0.6) is 0 Å². The molecule has 0 radical (unpaired) electrons. The second-order valence-electron chi connectivity index (χ2n) is 6.84. The highest BCUT2D eigenvalue weighted by Crippen LogP contribution is 2.36. The molecular formula is C15H28F2N2O. The van der Waals surface area contributed by atoms with Crippen molar-refractivity contribution in [1.82, 2.24) is 4.90 Å². The summed E-state index contributed by atoms with van der Waals surface area (Å²) in [7, 11) is 0. The maximum absolute atomic E-state index is 13.6. The molecule has 0 spiro atoms. The van der Waals surface area contributed by atoms with Crippen LogP contribution in [0.3, 0.4) is 0 Å². The highest BCUT2D eigenvalue weighted by Gasteiger charge is 2.44. The number of nitrogens with zero attached hydrogens (tertiary/aromatic N) is 1. The Morgan fingerprint density at radius 1 is 1.35 bits per heavy atom. The van der Waals surface area contributed by atoms with Crippen molar-refractivity contribution in [1.29, 1.82) is 0 Å². The largest absolute Gasteiger partial charge is 0.376 e. The van der Waals surface area contributed by atoms with Gasteiger partial charge in [-0.25, -0.2) is 8.78 Å². The fourth-order valence-electron chi connectivity index (χ4n) is 3.35. The Hall–Kier alpha value is -0.260. The molecule has 0 aromatic carbocycles. The van der Waals surface area contributed by atoms with Gasteiger partial charge in [0.1, 0.15) is 0 Å². The van der Waals surface area contributed by atoms with E-state index in [-0.39, 0.29) is 18.4 Å². The van der Waals surface area contributed by atoms with Gasteiger partial charge in [-0.3, -0.25) is 0 Å². The van der Waals surface area contributed by atoms with E-state index >= 15 is 0 Å². The first-order chi connectivity index (χ1) is 9.38. The van der Waals surface area contributed by atoms with Crippen LogP contribution in [0.25, 0.3) is 0 Å². The topological polar surface area (TPSA) is 38.5 Å². The smallest absolute Gasteiger partial charge is 0.263 e. The number of hydrogen-bond acceptors (Lipinski definition) is 3. The molecule has 2 aliphatic rings. The minimum absolute atomic E-state index is 0.0732. The monoisotopic (exact) mass is 290 g/mol. The fraction of sp³-hybridized carbons (Fsp3) is 1.00. The van der Waals surface area contributed by atoms with Crippen molar-refractivity contribution in [3.8, 4) is 0 Å². The summed E-state index contributed by atoms with van der Waals surface area (Å²) in [6.07, 6.45) is 2.44. The van der Waals surface area contributed by atoms with Crippen LogP contribution >= 0.6 is 0 Å². The molecule has 1 saturated carbocycles. The van der Waals surface area contributed by atoms with Crippen LogP contribution < -0.4 is 5.73 Å². The number of ether oxygens (including phenoxy) is 1. The lowest BCUT2D eigenvalue weighted by molar-refractivity contribution is -0.0913. The van der Waals surface area contributed by atoms with Crippen molar-refractivity contribution >= 4 is 0 Å². The quantitative estimate of drug-likeness (QED) is 0.845. The Labute approximate surface area is 120 Å². The zero-order valence-corrected chi connectivity index (χ0v) is 12.7. The third-order valence-corrected chi connectivity index (χ3v) is 4.48. The van der Waals surface area contributed by atoms with Crippen LogP contribution in [-0.4, -0.2) is 49.2 Å². The third-order valence-electron chi connectivity index (χ3n) is 4.48. The molecule has 1 saturated heterocycles. The third kappa shape index (κ3) is 4.12. The Bertz CT molecular complexity index is 312. The molecule has 1 heterocycles. The van der Waals surface area contributed by atoms with Crippen LogP contribution in [-0.2, 0) is 4.74 Å². The number of hydrogen-bond donors (Lipinski definition) is 1. The molecule has 2 rings (SSSR count). The van der Waals surface area contributed by atoms with Gasteiger partial charge in [-0.1, -0.05) is 13.8 Å². The van der Waals surface area contributed by atoms with Gasteiger partial charge in [-0.2, -0.15) is 0 Å². The van der Waals surface area contributed by atoms with Gasteiger partial charge >= 0.3 is 0 Å². The van der Waals surface area contributed by atoms with Gasteiger partial charge in [0.15, 0.2) is 0 Å². The first kappa shape index (κ1) is 16.1. The van der Waals surface area contributed by atoms with Gasteiger partial charge in [-0.05, 0) is 25.2 Å². The van der Waals surface area contributed by atoms with E-state index in [0.717, 1.165) is 32.5 Å². The zero-order chi connectivity index (χ0) is 14.8. The van der Waals surface area contributed by atoms with Gasteiger partial charge in [0.05, 0.1) is 18.8 Å². The standard InChI is InChI=1S/C15H28F2N2O/c1-11(2)8-19-7-5-13(9-19)20-10-12-4-3-6-15(16,17)14(12)18/h11-14H,3-10,18H2,1-2H3/t12-,13+,14-/m1/s1. The highest BCUT2D eigenvalue weighted by molar-refractivity contribution is 4.91. The summed E-state index contributed by atoms with van der Waals surface area (Å²) >= 11 is 0. The Balaban J connectivity index is 1.73. The van der Waals surface area contributed by atoms with Crippen molar-refractivity contribution in [3.63, 3.8) is 0 Å². The van der Waals surface area contributed by atoms with E-state index in [1.807, 2.05) is 0 Å². The van der Waals surface area contributed by atoms with E-state index in [9.17, 15) is 8.78 Å². The van der Waals surface area contributed by atoms with E-state index in [0.29, 0.717) is 18.9 Å². The second-order valence-corrected chi connectivity index (χ2v) is 6.84. The molecule has 0 aromatic rings. The zero-order valence-electron chi connectivity index (χ0n) is 12.7. The average Bonchev–Trinajstić information content (AvgIpc) is 2.78. The van der Waals surface area contributed by atoms with Gasteiger partial charge in [0.2, 0.25) is 0 Å². The lowest BCUT2D eigenvalue weighted by atomic mass is 9.83. The fourth-order valence-corrected chi connectivity index (χ4v) is 3.35. The second kappa shape index (κ2) is 6.67. The first-order valence-corrected chi connectivity index (χ1v) is 7.86. The summed E-state index contributed by atoms with van der Waals surface area (Å²) < 4.78 is 33.0. The summed E-state index contributed by atoms with van der Waals surface area (Å²) in [5, 5.41) is 0. The predicted octanol–water partition coefficient (Wildman–Crippen LogP) is 2.50. The highest BCUT2D eigenvalue weighted by atomic mass is 19.3. The van der Waals surface area contributed by atoms with Crippen molar-refractivity contribution in [2.75, 3.05) is 26.2 Å². The number of rotatable bonds is 5. The first-order valence-electron chi connectivity index (χ1n) is 7.86. The van der Waals surface area contributed by atoms with Crippen LogP contribution in [0.4, 0.5) is 8.78 Å². The van der Waals surface area contributed by atoms with Crippen molar-refractivity contribution in [3.05, 3.63) is 0 Å². The molecule has 0 aromatic heterocycles. The van der Waals surface area contributed by atoms with Gasteiger partial charge in [0, 0.05) is 32.0 Å². The van der Waals surface area contributed by atoms with Crippen LogP contribution in [0.2, 0.25) is 0 Å². The van der Waals surface area contributed by atoms with Gasteiger partial charge in [-0.15, -0.1) is 0 Å². The number of nitrogens with two attached hydrogens (primary N) is 1. The molecule has 20 heavy (non-hydrogen) atoms. The van der Waals surface area contributed by atoms with E-state index < -0.39 is 12.0 Å². The summed E-state index contributed by atoms with van der Waals surface area (Å²) in [6.45, 7) is 7.86. The molecule has 3 atom stereocenters. The molecule has 0 unspecified atom stereocenters. The molecule has 3 nitrogen and oxygen atoms in total. The molecule has 2 N–H and O–H groups in total. The summed E-state index contributed by atoms with van der Waals surface area (Å²) in [6, 6.07) is -1.04. The van der Waals surface area contributed by atoms with Crippen LogP contribution in [0, 0.1) is 11.8 Å². The van der Waals surface area contributed by atoms with Crippen molar-refractivity contribution < 1.29 is 13.5 Å². The minimum atomic E-state index is -2.72. The average molecular weight is 290 g/mol. The summed E-state index contributed by atoms with van der Waals surface area (Å²) in [5.41, 5.74) is 5.69. The van der Waals surface area contributed by atoms with E-state index in [2.05, 4.69) is 18.7 Å². The van der Waals surface area contributed by atoms with Gasteiger partial charge in [0.25, 0.3) is 5.92 Å². The predicted molar refractivity (Wildman–Crippen MR) is 75.9 cm³/mol. The van der Waals surface area contributed by atoms with E-state index in [4.69, 9.17) is 10.5 Å². The Morgan fingerprint density at radius 2 is 2.10 bits per heavy atom. The summed E-state index contributed by atoms with van der Waals surface area (Å²) in [5.74, 6) is -2.26. The van der Waals surface area contributed by atoms with E-state index in [1.165, 1.54) is 0 Å². The van der Waals surface area contributed by atoms with Gasteiger partial charge < -0.3 is 15.4 Å². The van der Waals surface area contributed by atoms with E-state index in [1.54, 1.807) is 0 Å². The maximum Gasteiger partial charge on any atom is 0.263 e. The number of alkyl halides is 2. The maximum atomic E-state index is 13.6. The summed E-state index contributed by atoms with van der Waals surface area (Å²) in [4.78, 5) is 2.39. The lowest BCUT2D eigenvalue weighted by Crippen LogP contribution is -2.51. The number of likely N-dealkylation sites (tertiary alicyclic amines) is 1. The lowest BCUT2D eigenvalue weighted by Gasteiger charge is -2.35. The SMILES string of the molecule is CC(C)CN1CC[C@H](OC[C@H]2CCCC(F)(F)[C@@H]2N)C1. The number of halogens is 2. The molecule has 5 heteroatoms. The van der Waals surface area contributed by atoms with Crippen LogP contribution in [0.1, 0.15) is 39.5 Å². The van der Waals surface area contributed by atoms with Crippen molar-refractivity contribution in [2.24, 2.45) is 17.6 Å². The minimum Gasteiger partial charge on any atom is -0.376 e. The molecule has 1 aliphatic carbocycles. The normalized spacial score (nSPS) is 34.8. The molecule has 0 bridgehead atoms. The molecule has 2 fully saturated rings. The van der Waals surface area contributed by atoms with Crippen LogP contribution in [0.15, 0.2) is 0 Å². The Morgan fingerprint density at radius 3 is 2.80 bits per heavy atom. The molecule has 1 aliphatic heterocycles. The molecule has 118 valence electrons.